The summed E-state index contributed by atoms with van der Waals surface area (Å²) in [6, 6.07) is 7.97. The summed E-state index contributed by atoms with van der Waals surface area (Å²) in [6.07, 6.45) is -1.59. The second kappa shape index (κ2) is 8.19. The van der Waals surface area contributed by atoms with E-state index in [0.717, 1.165) is 12.1 Å². The lowest BCUT2D eigenvalue weighted by atomic mass is 10.1. The van der Waals surface area contributed by atoms with E-state index in [1.165, 1.54) is 28.7 Å². The summed E-state index contributed by atoms with van der Waals surface area (Å²) in [5.74, 6) is -1.17. The highest BCUT2D eigenvalue weighted by molar-refractivity contribution is 8.01. The van der Waals surface area contributed by atoms with Crippen molar-refractivity contribution in [3.63, 3.8) is 0 Å². The first kappa shape index (κ1) is 16.8. The summed E-state index contributed by atoms with van der Waals surface area (Å²) in [5.41, 5.74) is 2.15. The van der Waals surface area contributed by atoms with Crippen molar-refractivity contribution >= 4 is 33.9 Å². The van der Waals surface area contributed by atoms with Gasteiger partial charge in [0.25, 0.3) is 0 Å². The Morgan fingerprint density at radius 2 is 1.91 bits per heavy atom. The number of nitrogens with one attached hydrogen (secondary N) is 1. The first-order valence-corrected chi connectivity index (χ1v) is 8.40. The molecule has 0 spiro atoms. The smallest absolute Gasteiger partial charge is 0.301 e. The molecule has 2 rings (SSSR count). The second-order valence-corrected chi connectivity index (χ2v) is 6.63. The van der Waals surface area contributed by atoms with E-state index in [2.05, 4.69) is 22.4 Å². The van der Waals surface area contributed by atoms with Crippen molar-refractivity contribution in [1.29, 1.82) is 0 Å². The number of hydrogen-bond donors (Lipinski definition) is 1. The standard InChI is InChI=1S/C14H14F3N3S2/c1-2-9-3-5-10(6-4-9)18-13-19-20-14(22-13)21-8-7-11(15)12(16)17/h3-6H,2,7-8H2,1H3,(H,18,19). The third kappa shape index (κ3) is 5.03. The van der Waals surface area contributed by atoms with E-state index < -0.39 is 11.9 Å². The largest absolute Gasteiger partial charge is 0.330 e. The van der Waals surface area contributed by atoms with E-state index in [1.807, 2.05) is 24.3 Å². The van der Waals surface area contributed by atoms with Gasteiger partial charge in [0, 0.05) is 17.9 Å². The van der Waals surface area contributed by atoms with Gasteiger partial charge in [-0.25, -0.2) is 4.39 Å². The Morgan fingerprint density at radius 1 is 1.18 bits per heavy atom. The van der Waals surface area contributed by atoms with Crippen LogP contribution >= 0.6 is 23.1 Å². The molecule has 118 valence electrons. The molecule has 3 nitrogen and oxygen atoms in total. The Hall–Kier alpha value is -1.54. The van der Waals surface area contributed by atoms with Gasteiger partial charge in [-0.3, -0.25) is 0 Å². The molecule has 0 saturated carbocycles. The molecule has 0 aliphatic heterocycles. The predicted octanol–water partition coefficient (Wildman–Crippen LogP) is 5.40. The summed E-state index contributed by atoms with van der Waals surface area (Å²) in [7, 11) is 0. The molecule has 1 N–H and O–H groups in total. The molecule has 22 heavy (non-hydrogen) atoms. The molecule has 0 saturated heterocycles. The van der Waals surface area contributed by atoms with Gasteiger partial charge in [0.2, 0.25) is 5.13 Å². The van der Waals surface area contributed by atoms with Crippen molar-refractivity contribution in [1.82, 2.24) is 10.2 Å². The monoisotopic (exact) mass is 345 g/mol. The Labute approximate surface area is 134 Å². The zero-order chi connectivity index (χ0) is 15.9. The van der Waals surface area contributed by atoms with Crippen molar-refractivity contribution in [2.24, 2.45) is 0 Å². The summed E-state index contributed by atoms with van der Waals surface area (Å²) in [5, 5.41) is 11.6. The van der Waals surface area contributed by atoms with Crippen LogP contribution in [0.2, 0.25) is 0 Å². The highest BCUT2D eigenvalue weighted by Gasteiger charge is 2.08. The van der Waals surface area contributed by atoms with Crippen LogP contribution in [0, 0.1) is 0 Å². The van der Waals surface area contributed by atoms with Gasteiger partial charge < -0.3 is 5.32 Å². The third-order valence-corrected chi connectivity index (χ3v) is 4.75. The minimum atomic E-state index is -2.25. The van der Waals surface area contributed by atoms with Crippen LogP contribution < -0.4 is 5.32 Å². The molecule has 1 aromatic carbocycles. The second-order valence-electron chi connectivity index (χ2n) is 4.31. The molecule has 0 aliphatic carbocycles. The van der Waals surface area contributed by atoms with E-state index in [-0.39, 0.29) is 12.2 Å². The lowest BCUT2D eigenvalue weighted by Gasteiger charge is -2.02. The van der Waals surface area contributed by atoms with Gasteiger partial charge in [-0.1, -0.05) is 42.2 Å². The van der Waals surface area contributed by atoms with Gasteiger partial charge in [0.1, 0.15) is 0 Å². The number of hydrogen-bond acceptors (Lipinski definition) is 5. The molecule has 0 fully saturated rings. The van der Waals surface area contributed by atoms with Crippen LogP contribution in [0.25, 0.3) is 0 Å². The van der Waals surface area contributed by atoms with E-state index in [9.17, 15) is 13.2 Å². The SMILES string of the molecule is CCc1ccc(Nc2nnc(SCCC(F)=C(F)F)s2)cc1. The van der Waals surface area contributed by atoms with Crippen molar-refractivity contribution in [2.45, 2.75) is 24.1 Å². The molecule has 0 atom stereocenters. The topological polar surface area (TPSA) is 37.8 Å². The van der Waals surface area contributed by atoms with Gasteiger partial charge in [-0.15, -0.1) is 10.2 Å². The summed E-state index contributed by atoms with van der Waals surface area (Å²) in [4.78, 5) is 0. The Balaban J connectivity index is 1.87. The Bertz CT molecular complexity index is 637. The lowest BCUT2D eigenvalue weighted by Crippen LogP contribution is -1.89. The van der Waals surface area contributed by atoms with Crippen LogP contribution in [-0.4, -0.2) is 16.0 Å². The number of thioether (sulfide) groups is 1. The number of rotatable bonds is 7. The van der Waals surface area contributed by atoms with Crippen LogP contribution in [-0.2, 0) is 6.42 Å². The highest BCUT2D eigenvalue weighted by atomic mass is 32.2. The average molecular weight is 345 g/mol. The fraction of sp³-hybridized carbons (Fsp3) is 0.286. The normalized spacial score (nSPS) is 10.5. The summed E-state index contributed by atoms with van der Waals surface area (Å²) < 4.78 is 37.1. The number of anilines is 2. The average Bonchev–Trinajstić information content (AvgIpc) is 2.95. The fourth-order valence-electron chi connectivity index (χ4n) is 1.59. The van der Waals surface area contributed by atoms with Gasteiger partial charge in [-0.05, 0) is 24.1 Å². The quantitative estimate of drug-likeness (QED) is 0.682. The maximum absolute atomic E-state index is 12.7. The molecule has 0 amide bonds. The number of aryl methyl sites for hydroxylation is 1. The number of benzene rings is 1. The van der Waals surface area contributed by atoms with Gasteiger partial charge in [-0.2, -0.15) is 8.78 Å². The maximum Gasteiger partial charge on any atom is 0.301 e. The molecule has 1 heterocycles. The van der Waals surface area contributed by atoms with Crippen LogP contribution in [0.3, 0.4) is 0 Å². The van der Waals surface area contributed by atoms with Crippen LogP contribution in [0.1, 0.15) is 18.9 Å². The molecule has 0 radical (unpaired) electrons. The molecule has 0 bridgehead atoms. The lowest BCUT2D eigenvalue weighted by molar-refractivity contribution is 0.373. The van der Waals surface area contributed by atoms with E-state index in [4.69, 9.17) is 0 Å². The van der Waals surface area contributed by atoms with Crippen molar-refractivity contribution in [3.05, 3.63) is 41.7 Å². The molecular weight excluding hydrogens is 331 g/mol. The zero-order valence-corrected chi connectivity index (χ0v) is 13.4. The Kier molecular flexibility index (Phi) is 6.26. The first-order valence-electron chi connectivity index (χ1n) is 6.60. The van der Waals surface area contributed by atoms with Crippen molar-refractivity contribution in [2.75, 3.05) is 11.1 Å². The maximum atomic E-state index is 12.7. The summed E-state index contributed by atoms with van der Waals surface area (Å²) in [6.45, 7) is 2.09. The minimum Gasteiger partial charge on any atom is -0.330 e. The predicted molar refractivity (Wildman–Crippen MR) is 84.7 cm³/mol. The third-order valence-electron chi connectivity index (χ3n) is 2.77. The first-order chi connectivity index (χ1) is 10.6. The molecule has 1 aromatic heterocycles. The fourth-order valence-corrected chi connectivity index (χ4v) is 3.36. The number of aromatic nitrogens is 2. The minimum absolute atomic E-state index is 0.197. The van der Waals surface area contributed by atoms with E-state index >= 15 is 0 Å². The molecule has 8 heteroatoms. The summed E-state index contributed by atoms with van der Waals surface area (Å²) >= 11 is 2.50. The van der Waals surface area contributed by atoms with Gasteiger partial charge >= 0.3 is 6.08 Å². The van der Waals surface area contributed by atoms with Gasteiger partial charge in [0.15, 0.2) is 10.2 Å². The van der Waals surface area contributed by atoms with Crippen molar-refractivity contribution in [3.8, 4) is 0 Å². The number of nitrogens with zero attached hydrogens (tertiary/aromatic N) is 2. The zero-order valence-electron chi connectivity index (χ0n) is 11.8. The van der Waals surface area contributed by atoms with E-state index in [1.54, 1.807) is 0 Å². The number of allylic oxidation sites excluding steroid dienone is 1. The molecule has 0 aliphatic rings. The molecule has 0 unspecified atom stereocenters. The van der Waals surface area contributed by atoms with Crippen LogP contribution in [0.5, 0.6) is 0 Å². The van der Waals surface area contributed by atoms with E-state index in [0.29, 0.717) is 9.47 Å². The van der Waals surface area contributed by atoms with Crippen molar-refractivity contribution < 1.29 is 13.2 Å². The molecule has 2 aromatic rings. The highest BCUT2D eigenvalue weighted by Crippen LogP contribution is 2.29. The number of halogens is 3. The van der Waals surface area contributed by atoms with Crippen LogP contribution in [0.15, 0.2) is 40.5 Å². The van der Waals surface area contributed by atoms with Crippen LogP contribution in [0.4, 0.5) is 24.0 Å². The Morgan fingerprint density at radius 3 is 2.55 bits per heavy atom. The molecular formula is C14H14F3N3S2. The van der Waals surface area contributed by atoms with Gasteiger partial charge in [0.05, 0.1) is 0 Å².